The molecule has 0 unspecified atom stereocenters. The number of hydrogen-bond acceptors (Lipinski definition) is 12. The molecule has 0 aromatic heterocycles. The summed E-state index contributed by atoms with van der Waals surface area (Å²) in [5.41, 5.74) is 17.6. The number of aliphatic hydroxyl groups is 2. The van der Waals surface area contributed by atoms with Crippen LogP contribution in [0.2, 0.25) is 15.1 Å². The van der Waals surface area contributed by atoms with Gasteiger partial charge in [0.25, 0.3) is 0 Å². The Kier molecular flexibility index (Phi) is 33.0. The summed E-state index contributed by atoms with van der Waals surface area (Å²) in [6.45, 7) is 3.33. The maximum atomic E-state index is 11.3. The van der Waals surface area contributed by atoms with Crippen LogP contribution in [0.1, 0.15) is 40.1 Å². The maximum Gasteiger partial charge on any atom is 2.00 e. The van der Waals surface area contributed by atoms with Crippen molar-refractivity contribution in [1.29, 1.82) is 0 Å². The number of halogens is 6. The van der Waals surface area contributed by atoms with E-state index in [1.807, 2.05) is 0 Å². The average molecular weight is 903 g/mol. The molecule has 0 saturated carbocycles. The second-order valence-electron chi connectivity index (χ2n) is 8.76. The Morgan fingerprint density at radius 3 is 1.32 bits per heavy atom. The second kappa shape index (κ2) is 28.7. The first-order valence-electron chi connectivity index (χ1n) is 12.4. The van der Waals surface area contributed by atoms with Gasteiger partial charge in [0.05, 0.1) is 66.2 Å². The Morgan fingerprint density at radius 2 is 1.02 bits per heavy atom. The molecule has 0 bridgehead atoms. The number of aromatic carboxylic acids is 1. The van der Waals surface area contributed by atoms with Crippen molar-refractivity contribution in [1.82, 2.24) is 0 Å². The summed E-state index contributed by atoms with van der Waals surface area (Å²) in [6.07, 6.45) is 0. The third-order valence-electron chi connectivity index (χ3n) is 5.25. The Morgan fingerprint density at radius 1 is 0.720 bits per heavy atom. The molecule has 0 fully saturated rings. The topological polar surface area (TPSA) is 227 Å². The molecular weight excluding hydrogens is 864 g/mol. The number of carboxylic acids is 1. The van der Waals surface area contributed by atoms with E-state index in [9.17, 15) is 14.7 Å². The minimum Gasteiger partial charge on any atom is -1.00 e. The summed E-state index contributed by atoms with van der Waals surface area (Å²) in [7, 11) is 14.0. The molecule has 9 N–H and O–H groups in total. The van der Waals surface area contributed by atoms with E-state index in [2.05, 4.69) is 26.1 Å². The van der Waals surface area contributed by atoms with Gasteiger partial charge in [0.15, 0.2) is 0 Å². The van der Waals surface area contributed by atoms with E-state index in [-0.39, 0.29) is 69.4 Å². The quantitative estimate of drug-likeness (QED) is 0.0688. The smallest absolute Gasteiger partial charge is 1.00 e. The molecule has 0 aliphatic heterocycles. The maximum absolute atomic E-state index is 11.3. The number of nitrogen functional groups attached to an aromatic ring is 3. The van der Waals surface area contributed by atoms with Crippen LogP contribution in [0.25, 0.3) is 0 Å². The van der Waals surface area contributed by atoms with Crippen molar-refractivity contribution in [3.05, 3.63) is 75.6 Å². The van der Waals surface area contributed by atoms with Crippen molar-refractivity contribution in [3.63, 3.8) is 0 Å². The zero-order valence-corrected chi connectivity index (χ0v) is 35.9. The number of rotatable bonds is 6. The molecule has 3 aromatic rings. The van der Waals surface area contributed by atoms with E-state index < -0.39 is 26.8 Å². The monoisotopic (exact) mass is 899 g/mol. The fourth-order valence-corrected chi connectivity index (χ4v) is 3.62. The van der Waals surface area contributed by atoms with Gasteiger partial charge in [0, 0.05) is 52.2 Å². The van der Waals surface area contributed by atoms with Gasteiger partial charge >= 0.3 is 35.0 Å². The molecule has 0 radical (unpaired) electrons. The number of carboxylic acid groups (broad SMARTS) is 1. The molecule has 0 atom stereocenters. The summed E-state index contributed by atoms with van der Waals surface area (Å²) in [5, 5.41) is 26.5. The first-order chi connectivity index (χ1) is 21.7. The first-order valence-corrected chi connectivity index (χ1v) is 16.3. The van der Waals surface area contributed by atoms with Crippen molar-refractivity contribution in [2.75, 3.05) is 52.7 Å². The van der Waals surface area contributed by atoms with E-state index in [1.165, 1.54) is 52.7 Å². The second-order valence-corrected chi connectivity index (χ2v) is 12.5. The summed E-state index contributed by atoms with van der Waals surface area (Å²) in [6, 6.07) is 8.77. The molecule has 13 nitrogen and oxygen atoms in total. The fourth-order valence-electron chi connectivity index (χ4n) is 3.13. The largest absolute Gasteiger partial charge is 2.00 e. The first kappa shape index (κ1) is 57.5. The normalized spacial score (nSPS) is 9.26. The Bertz CT molecular complexity index is 1520. The van der Waals surface area contributed by atoms with Crippen LogP contribution in [0.15, 0.2) is 36.4 Å². The summed E-state index contributed by atoms with van der Waals surface area (Å²) >= 11 is 17.3. The predicted molar refractivity (Wildman–Crippen MR) is 201 cm³/mol. The molecule has 21 heteroatoms. The Labute approximate surface area is 344 Å². The molecule has 0 saturated heterocycles. The third-order valence-corrected chi connectivity index (χ3v) is 6.23. The van der Waals surface area contributed by atoms with Crippen LogP contribution in [0.5, 0.6) is 17.2 Å². The van der Waals surface area contributed by atoms with Gasteiger partial charge in [0.1, 0.15) is 28.4 Å². The third kappa shape index (κ3) is 20.3. The van der Waals surface area contributed by atoms with Crippen LogP contribution >= 0.6 is 56.2 Å². The van der Waals surface area contributed by atoms with Gasteiger partial charge in [-0.15, -0.1) is 0 Å². The van der Waals surface area contributed by atoms with Gasteiger partial charge in [-0.05, 0) is 32.0 Å². The summed E-state index contributed by atoms with van der Waals surface area (Å²) in [5.74, 6) is -0.518. The van der Waals surface area contributed by atoms with Gasteiger partial charge in [-0.25, -0.2) is 13.8 Å². The number of ether oxygens (including phenoxy) is 4. The zero-order valence-electron chi connectivity index (χ0n) is 28.3. The number of hydrogen-bond donors (Lipinski definition) is 6. The van der Waals surface area contributed by atoms with Gasteiger partial charge in [-0.3, -0.25) is 0 Å². The summed E-state index contributed by atoms with van der Waals surface area (Å²) in [4.78, 5) is 21.9. The van der Waals surface area contributed by atoms with Crippen molar-refractivity contribution in [2.45, 2.75) is 19.4 Å². The van der Waals surface area contributed by atoms with Crippen molar-refractivity contribution >= 4 is 117 Å². The zero-order chi connectivity index (χ0) is 37.2. The number of methoxy groups -OCH3 is 4. The van der Waals surface area contributed by atoms with Crippen molar-refractivity contribution < 1.29 is 65.0 Å². The molecule has 280 valence electrons. The average Bonchev–Trinajstić information content (AvgIpc) is 3.00. The van der Waals surface area contributed by atoms with E-state index in [0.717, 1.165) is 7.11 Å². The molecule has 0 heterocycles. The number of carbonyl (C=O) groups excluding carboxylic acids is 1. The van der Waals surface area contributed by atoms with Crippen LogP contribution in [0, 0.1) is 7.43 Å². The molecule has 3 rings (SSSR count). The fraction of sp³-hybridized carbons (Fsp3) is 0.276. The van der Waals surface area contributed by atoms with E-state index in [0.29, 0.717) is 44.2 Å². The van der Waals surface area contributed by atoms with Crippen LogP contribution in [0.4, 0.5) is 17.1 Å². The molecule has 0 aliphatic carbocycles. The molecule has 0 amide bonds. The van der Waals surface area contributed by atoms with Gasteiger partial charge in [-0.2, -0.15) is 0 Å². The van der Waals surface area contributed by atoms with Crippen LogP contribution in [0.3, 0.4) is 0 Å². The Balaban J connectivity index is -0.000000182. The van der Waals surface area contributed by atoms with Crippen molar-refractivity contribution in [3.8, 4) is 17.2 Å². The number of aliphatic hydroxyl groups excluding tert-OH is 1. The minimum absolute atomic E-state index is 0. The minimum atomic E-state index is -1.67. The standard InChI is InChI=1S/C10H14ClNO2.C9H10ClNO3.C8H8ClNO3.CH4O.CH3.BrH.Cl2OS.Mg/c1-10(2,13)6-4-7(11)8(12)5-9(6)14-3;1-13-8-4-7(11)6(10)3-5(8)9(12)14-2;1-13-7-3-6(10)5(9)2-4(7)8(11)12;1-2;;;1-4(2)3;/h4-5,13H,12H2,1-3H3;3-4H,11H2,1-2H3;2-3H,10H2,1H3,(H,11,12);2H,1H3;1H3;1H;;/q;;;;-1;;;+2/p-1. The van der Waals surface area contributed by atoms with Gasteiger partial charge in [-0.1, -0.05) is 34.8 Å². The number of esters is 1. The van der Waals surface area contributed by atoms with Gasteiger partial charge in [0.2, 0.25) is 9.23 Å². The SMILES string of the molecule is CO.COC(=O)c1cc(Cl)c(N)cc1OC.COc1cc(N)c(Cl)cc1C(=O)O.COc1cc(N)c(Cl)cc1C(C)(C)O.O=S(Cl)Cl.[Br-].[CH3-].[Mg+2]. The molecular formula is C29H39BrCl5MgN3O10S. The molecule has 50 heavy (non-hydrogen) atoms. The Hall–Kier alpha value is -1.83. The van der Waals surface area contributed by atoms with Gasteiger partial charge < -0.3 is 75.9 Å². The predicted octanol–water partition coefficient (Wildman–Crippen LogP) is 3.23. The van der Waals surface area contributed by atoms with Crippen molar-refractivity contribution in [2.24, 2.45) is 0 Å². The molecule has 0 aliphatic rings. The number of anilines is 3. The summed E-state index contributed by atoms with van der Waals surface area (Å²) < 4.78 is 28.5. The molecule has 3 aromatic carbocycles. The van der Waals surface area contributed by atoms with E-state index in [4.69, 9.17) is 80.6 Å². The van der Waals surface area contributed by atoms with Crippen LogP contribution in [-0.4, -0.2) is 90.1 Å². The van der Waals surface area contributed by atoms with E-state index >= 15 is 0 Å². The van der Waals surface area contributed by atoms with Crippen LogP contribution < -0.4 is 48.4 Å². The number of carbonyl (C=O) groups is 2. The number of benzene rings is 3. The number of nitrogens with two attached hydrogens (primary N) is 3. The molecule has 0 spiro atoms. The van der Waals surface area contributed by atoms with Crippen LogP contribution in [-0.2, 0) is 19.6 Å². The van der Waals surface area contributed by atoms with E-state index in [1.54, 1.807) is 26.0 Å².